The summed E-state index contributed by atoms with van der Waals surface area (Å²) < 4.78 is 43.8. The quantitative estimate of drug-likeness (QED) is 0.659. The van der Waals surface area contributed by atoms with Gasteiger partial charge in [-0.05, 0) is 6.42 Å². The Bertz CT molecular complexity index is 498. The van der Waals surface area contributed by atoms with E-state index in [0.717, 1.165) is 0 Å². The highest BCUT2D eigenvalue weighted by Gasteiger charge is 2.32. The normalized spacial score (nSPS) is 23.5. The molecule has 0 radical (unpaired) electrons. The molecular weight excluding hydrogens is 290 g/mol. The van der Waals surface area contributed by atoms with E-state index in [1.165, 1.54) is 11.9 Å². The average Bonchev–Trinajstić information content (AvgIpc) is 2.53. The van der Waals surface area contributed by atoms with E-state index in [4.69, 9.17) is 10.7 Å². The highest BCUT2D eigenvalue weighted by Crippen LogP contribution is 2.17. The van der Waals surface area contributed by atoms with Crippen molar-refractivity contribution in [1.82, 2.24) is 4.90 Å². The molecule has 1 heterocycles. The van der Waals surface area contributed by atoms with Crippen LogP contribution in [0.1, 0.15) is 12.8 Å². The molecule has 0 bridgehead atoms. The molecule has 9 heteroatoms. The Labute approximate surface area is 105 Å². The number of amides is 1. The molecular formula is C8H14ClNO5S2. The molecule has 1 aliphatic heterocycles. The zero-order valence-electron chi connectivity index (χ0n) is 9.30. The van der Waals surface area contributed by atoms with Crippen molar-refractivity contribution in [3.63, 3.8) is 0 Å². The van der Waals surface area contributed by atoms with Gasteiger partial charge in [0, 0.05) is 30.2 Å². The number of hydrogen-bond acceptors (Lipinski definition) is 5. The van der Waals surface area contributed by atoms with Gasteiger partial charge in [-0.25, -0.2) is 16.8 Å². The minimum absolute atomic E-state index is 0.0527. The maximum atomic E-state index is 11.6. The molecule has 0 saturated carbocycles. The molecule has 6 nitrogen and oxygen atoms in total. The maximum Gasteiger partial charge on any atom is 0.233 e. The number of carbonyl (C=O) groups is 1. The fourth-order valence-corrected chi connectivity index (χ4v) is 4.09. The van der Waals surface area contributed by atoms with Gasteiger partial charge in [0.05, 0.1) is 17.3 Å². The molecule has 1 amide bonds. The van der Waals surface area contributed by atoms with Crippen LogP contribution in [-0.2, 0) is 23.7 Å². The van der Waals surface area contributed by atoms with Gasteiger partial charge in [0.25, 0.3) is 0 Å². The highest BCUT2D eigenvalue weighted by atomic mass is 35.7. The summed E-state index contributed by atoms with van der Waals surface area (Å²) in [5, 5.41) is 0. The second-order valence-electron chi connectivity index (χ2n) is 4.05. The molecule has 0 N–H and O–H groups in total. The zero-order valence-corrected chi connectivity index (χ0v) is 11.7. The van der Waals surface area contributed by atoms with E-state index in [2.05, 4.69) is 0 Å². The van der Waals surface area contributed by atoms with Crippen molar-refractivity contribution in [2.24, 2.45) is 0 Å². The molecule has 17 heavy (non-hydrogen) atoms. The van der Waals surface area contributed by atoms with Crippen molar-refractivity contribution in [3.8, 4) is 0 Å². The molecule has 1 atom stereocenters. The Morgan fingerprint density at radius 1 is 1.47 bits per heavy atom. The first kappa shape index (κ1) is 14.7. The van der Waals surface area contributed by atoms with Gasteiger partial charge in [-0.15, -0.1) is 0 Å². The lowest BCUT2D eigenvalue weighted by atomic mass is 10.2. The first-order valence-corrected chi connectivity index (χ1v) is 9.29. The van der Waals surface area contributed by atoms with Crippen molar-refractivity contribution < 1.29 is 21.6 Å². The van der Waals surface area contributed by atoms with Crippen LogP contribution in [0.2, 0.25) is 0 Å². The van der Waals surface area contributed by atoms with Gasteiger partial charge >= 0.3 is 0 Å². The van der Waals surface area contributed by atoms with Crippen molar-refractivity contribution in [3.05, 3.63) is 0 Å². The summed E-state index contributed by atoms with van der Waals surface area (Å²) in [5.41, 5.74) is 0. The Morgan fingerprint density at radius 3 is 2.47 bits per heavy atom. The summed E-state index contributed by atoms with van der Waals surface area (Å²) in [7, 11) is -0.275. The summed E-state index contributed by atoms with van der Waals surface area (Å²) in [6.07, 6.45) is 0.178. The van der Waals surface area contributed by atoms with E-state index in [-0.39, 0.29) is 24.0 Å². The summed E-state index contributed by atoms with van der Waals surface area (Å²) in [4.78, 5) is 12.9. The van der Waals surface area contributed by atoms with Crippen molar-refractivity contribution in [2.45, 2.75) is 18.9 Å². The topological polar surface area (TPSA) is 88.6 Å². The minimum atomic E-state index is -3.69. The van der Waals surface area contributed by atoms with Crippen molar-refractivity contribution in [2.75, 3.05) is 24.3 Å². The van der Waals surface area contributed by atoms with Gasteiger partial charge in [-0.3, -0.25) is 4.79 Å². The third-order valence-electron chi connectivity index (χ3n) is 2.71. The molecule has 100 valence electrons. The fourth-order valence-electron chi connectivity index (χ4n) is 1.67. The predicted octanol–water partition coefficient (Wildman–Crippen LogP) is -0.409. The summed E-state index contributed by atoms with van der Waals surface area (Å²) in [6.45, 7) is 0. The third-order valence-corrected chi connectivity index (χ3v) is 5.61. The van der Waals surface area contributed by atoms with Crippen LogP contribution in [-0.4, -0.2) is 58.0 Å². The van der Waals surface area contributed by atoms with Gasteiger partial charge < -0.3 is 4.90 Å². The van der Waals surface area contributed by atoms with Crippen LogP contribution in [0.4, 0.5) is 0 Å². The number of rotatable bonds is 4. The van der Waals surface area contributed by atoms with E-state index < -0.39 is 30.5 Å². The lowest BCUT2D eigenvalue weighted by Gasteiger charge is -2.23. The van der Waals surface area contributed by atoms with Gasteiger partial charge in [0.15, 0.2) is 9.84 Å². The Morgan fingerprint density at radius 2 is 2.06 bits per heavy atom. The Hall–Kier alpha value is -0.340. The molecule has 1 fully saturated rings. The van der Waals surface area contributed by atoms with Gasteiger partial charge in [-0.2, -0.15) is 0 Å². The molecule has 0 aromatic carbocycles. The van der Waals surface area contributed by atoms with Crippen molar-refractivity contribution in [1.29, 1.82) is 0 Å². The van der Waals surface area contributed by atoms with Crippen LogP contribution in [0, 0.1) is 0 Å². The largest absolute Gasteiger partial charge is 0.342 e. The number of nitrogens with zero attached hydrogens (tertiary/aromatic N) is 1. The lowest BCUT2D eigenvalue weighted by molar-refractivity contribution is -0.131. The lowest BCUT2D eigenvalue weighted by Crippen LogP contribution is -2.38. The number of carbonyl (C=O) groups excluding carboxylic acids is 1. The minimum Gasteiger partial charge on any atom is -0.342 e. The standard InChI is InChI=1S/C8H14ClNO5S2/c1-10(7-2-4-16(12,13)6-7)8(11)3-5-17(9,14)15/h7H,2-6H2,1H3. The number of sulfone groups is 1. The first-order valence-electron chi connectivity index (χ1n) is 4.99. The molecule has 0 aromatic heterocycles. The number of halogens is 1. The molecule has 1 rings (SSSR count). The zero-order chi connectivity index (χ0) is 13.3. The monoisotopic (exact) mass is 303 g/mol. The second-order valence-corrected chi connectivity index (χ2v) is 9.18. The summed E-state index contributed by atoms with van der Waals surface area (Å²) in [6, 6.07) is -0.356. The van der Waals surface area contributed by atoms with Gasteiger partial charge in [0.2, 0.25) is 15.0 Å². The number of hydrogen-bond donors (Lipinski definition) is 0. The SMILES string of the molecule is CN(C(=O)CCS(=O)(=O)Cl)C1CCS(=O)(=O)C1. The van der Waals surface area contributed by atoms with Gasteiger partial charge in [0.1, 0.15) is 0 Å². The molecule has 1 unspecified atom stereocenters. The van der Waals surface area contributed by atoms with Crippen LogP contribution in [0.3, 0.4) is 0 Å². The molecule has 1 saturated heterocycles. The average molecular weight is 304 g/mol. The van der Waals surface area contributed by atoms with Gasteiger partial charge in [-0.1, -0.05) is 0 Å². The Balaban J connectivity index is 2.54. The van der Waals surface area contributed by atoms with E-state index in [1.54, 1.807) is 0 Å². The summed E-state index contributed by atoms with van der Waals surface area (Å²) >= 11 is 0. The maximum absolute atomic E-state index is 11.6. The predicted molar refractivity (Wildman–Crippen MR) is 64.1 cm³/mol. The molecule has 1 aliphatic rings. The molecule has 0 aromatic rings. The van der Waals surface area contributed by atoms with Crippen molar-refractivity contribution >= 4 is 35.5 Å². The third kappa shape index (κ3) is 4.81. The van der Waals surface area contributed by atoms with E-state index in [0.29, 0.717) is 6.42 Å². The van der Waals surface area contributed by atoms with E-state index >= 15 is 0 Å². The second kappa shape index (κ2) is 5.11. The van der Waals surface area contributed by atoms with E-state index in [9.17, 15) is 21.6 Å². The smallest absolute Gasteiger partial charge is 0.233 e. The van der Waals surface area contributed by atoms with Crippen LogP contribution < -0.4 is 0 Å². The first-order chi connectivity index (χ1) is 7.61. The Kier molecular flexibility index (Phi) is 4.43. The fraction of sp³-hybridized carbons (Fsp3) is 0.875. The van der Waals surface area contributed by atoms with Crippen LogP contribution in [0.15, 0.2) is 0 Å². The molecule has 0 aliphatic carbocycles. The van der Waals surface area contributed by atoms with Crippen LogP contribution >= 0.6 is 10.7 Å². The highest BCUT2D eigenvalue weighted by molar-refractivity contribution is 8.13. The summed E-state index contributed by atoms with van der Waals surface area (Å²) in [5.74, 6) is -0.820. The van der Waals surface area contributed by atoms with Crippen LogP contribution in [0.5, 0.6) is 0 Å². The molecule has 0 spiro atoms. The van der Waals surface area contributed by atoms with E-state index in [1.807, 2.05) is 0 Å². The van der Waals surface area contributed by atoms with Crippen LogP contribution in [0.25, 0.3) is 0 Å².